The molecule has 0 saturated carbocycles. The van der Waals surface area contributed by atoms with Crippen molar-refractivity contribution in [2.75, 3.05) is 4.90 Å². The Hall–Kier alpha value is -1.97. The molecule has 4 nitrogen and oxygen atoms in total. The Morgan fingerprint density at radius 3 is 2.47 bits per heavy atom. The van der Waals surface area contributed by atoms with E-state index in [1.54, 1.807) is 24.3 Å². The minimum atomic E-state index is -0.575. The number of hydrogen-bond acceptors (Lipinski definition) is 3. The van der Waals surface area contributed by atoms with E-state index in [4.69, 9.17) is 0 Å². The Morgan fingerprint density at radius 1 is 1.26 bits per heavy atom. The van der Waals surface area contributed by atoms with Crippen molar-refractivity contribution in [2.45, 2.75) is 33.1 Å². The molecule has 0 atom stereocenters. The molecule has 19 heavy (non-hydrogen) atoms. The van der Waals surface area contributed by atoms with Crippen LogP contribution >= 0.6 is 0 Å². The molecule has 0 radical (unpaired) electrons. The van der Waals surface area contributed by atoms with Gasteiger partial charge in [0, 0.05) is 12.0 Å². The first-order chi connectivity index (χ1) is 9.07. The average molecular weight is 259 g/mol. The van der Waals surface area contributed by atoms with Gasteiger partial charge in [0.2, 0.25) is 11.8 Å². The highest BCUT2D eigenvalue weighted by Crippen LogP contribution is 2.41. The fourth-order valence-corrected chi connectivity index (χ4v) is 2.60. The van der Waals surface area contributed by atoms with Gasteiger partial charge in [0.25, 0.3) is 0 Å². The van der Waals surface area contributed by atoms with Gasteiger partial charge in [-0.1, -0.05) is 26.0 Å². The van der Waals surface area contributed by atoms with Crippen LogP contribution in [0.4, 0.5) is 5.69 Å². The number of benzene rings is 1. The van der Waals surface area contributed by atoms with E-state index in [2.05, 4.69) is 0 Å². The summed E-state index contributed by atoms with van der Waals surface area (Å²) in [4.78, 5) is 36.7. The number of amides is 2. The summed E-state index contributed by atoms with van der Waals surface area (Å²) in [5, 5.41) is 0. The Labute approximate surface area is 112 Å². The van der Waals surface area contributed by atoms with Crippen LogP contribution in [0.15, 0.2) is 24.3 Å². The molecule has 1 aromatic carbocycles. The highest BCUT2D eigenvalue weighted by Gasteiger charge is 2.49. The van der Waals surface area contributed by atoms with Crippen molar-refractivity contribution in [1.29, 1.82) is 0 Å². The van der Waals surface area contributed by atoms with Gasteiger partial charge in [-0.15, -0.1) is 0 Å². The maximum Gasteiger partial charge on any atom is 0.240 e. The Bertz CT molecular complexity index is 532. The van der Waals surface area contributed by atoms with E-state index in [9.17, 15) is 14.4 Å². The van der Waals surface area contributed by atoms with Crippen molar-refractivity contribution in [3.63, 3.8) is 0 Å². The van der Waals surface area contributed by atoms with Gasteiger partial charge in [-0.2, -0.15) is 0 Å². The first kappa shape index (κ1) is 13.5. The number of anilines is 1. The summed E-state index contributed by atoms with van der Waals surface area (Å²) in [5.41, 5.74) is 0.376. The number of hydrogen-bond donors (Lipinski definition) is 0. The molecule has 0 unspecified atom stereocenters. The van der Waals surface area contributed by atoms with Gasteiger partial charge >= 0.3 is 0 Å². The number of imide groups is 1. The van der Waals surface area contributed by atoms with Gasteiger partial charge in [-0.3, -0.25) is 19.3 Å². The molecule has 4 heteroatoms. The third kappa shape index (κ3) is 2.07. The van der Waals surface area contributed by atoms with Crippen LogP contribution in [-0.4, -0.2) is 18.1 Å². The van der Waals surface area contributed by atoms with E-state index in [1.165, 1.54) is 4.90 Å². The van der Waals surface area contributed by atoms with Crippen molar-refractivity contribution >= 4 is 23.8 Å². The third-order valence-corrected chi connectivity index (χ3v) is 4.01. The molecule has 1 aliphatic heterocycles. The predicted molar refractivity (Wildman–Crippen MR) is 72.0 cm³/mol. The zero-order chi connectivity index (χ0) is 14.0. The molecule has 1 aliphatic rings. The number of nitrogens with zero attached hydrogens (tertiary/aromatic N) is 1. The standard InChI is InChI=1S/C15H17NO3/c1-3-15(4-2)9-13(18)16(14(15)19)12-7-5-6-11(8-12)10-17/h5-8,10H,3-4,9H2,1-2H3. The quantitative estimate of drug-likeness (QED) is 0.617. The molecule has 1 aromatic rings. The predicted octanol–water partition coefficient (Wildman–Crippen LogP) is 2.57. The van der Waals surface area contributed by atoms with Crippen LogP contribution in [0.3, 0.4) is 0 Å². The summed E-state index contributed by atoms with van der Waals surface area (Å²) in [6, 6.07) is 6.58. The topological polar surface area (TPSA) is 54.5 Å². The molecule has 1 saturated heterocycles. The summed E-state index contributed by atoms with van der Waals surface area (Å²) in [5.74, 6) is -0.331. The first-order valence-electron chi connectivity index (χ1n) is 6.50. The molecule has 0 spiro atoms. The maximum atomic E-state index is 12.5. The van der Waals surface area contributed by atoms with E-state index in [1.807, 2.05) is 13.8 Å². The molecule has 0 aromatic heterocycles. The molecule has 0 N–H and O–H groups in total. The Morgan fingerprint density at radius 2 is 1.95 bits per heavy atom. The average Bonchev–Trinajstić information content (AvgIpc) is 2.70. The Kier molecular flexibility index (Phi) is 3.51. The van der Waals surface area contributed by atoms with Gasteiger partial charge in [-0.25, -0.2) is 0 Å². The first-order valence-corrected chi connectivity index (χ1v) is 6.50. The minimum Gasteiger partial charge on any atom is -0.298 e. The number of carbonyl (C=O) groups is 3. The highest BCUT2D eigenvalue weighted by molar-refractivity contribution is 6.22. The molecule has 2 rings (SSSR count). The minimum absolute atomic E-state index is 0.148. The molecule has 1 heterocycles. The summed E-state index contributed by atoms with van der Waals surface area (Å²) in [7, 11) is 0. The van der Waals surface area contributed by atoms with E-state index < -0.39 is 5.41 Å². The van der Waals surface area contributed by atoms with E-state index in [0.717, 1.165) is 0 Å². The van der Waals surface area contributed by atoms with Crippen LogP contribution in [0.2, 0.25) is 0 Å². The summed E-state index contributed by atoms with van der Waals surface area (Å²) < 4.78 is 0. The molecule has 2 amide bonds. The van der Waals surface area contributed by atoms with Crippen LogP contribution < -0.4 is 4.90 Å². The number of rotatable bonds is 4. The van der Waals surface area contributed by atoms with Crippen LogP contribution in [-0.2, 0) is 9.59 Å². The summed E-state index contributed by atoms with van der Waals surface area (Å²) >= 11 is 0. The van der Waals surface area contributed by atoms with Crippen molar-refractivity contribution in [3.8, 4) is 0 Å². The van der Waals surface area contributed by atoms with Crippen molar-refractivity contribution in [3.05, 3.63) is 29.8 Å². The van der Waals surface area contributed by atoms with E-state index >= 15 is 0 Å². The van der Waals surface area contributed by atoms with Crippen LogP contribution in [0.25, 0.3) is 0 Å². The fourth-order valence-electron chi connectivity index (χ4n) is 2.60. The maximum absolute atomic E-state index is 12.5. The molecule has 0 aliphatic carbocycles. The van der Waals surface area contributed by atoms with Gasteiger partial charge in [-0.05, 0) is 25.0 Å². The smallest absolute Gasteiger partial charge is 0.240 e. The summed E-state index contributed by atoms with van der Waals surface area (Å²) in [6.07, 6.45) is 2.27. The molecular formula is C15H17NO3. The fraction of sp³-hybridized carbons (Fsp3) is 0.400. The zero-order valence-corrected chi connectivity index (χ0v) is 11.2. The lowest BCUT2D eigenvalue weighted by molar-refractivity contribution is -0.126. The summed E-state index contributed by atoms with van der Waals surface area (Å²) in [6.45, 7) is 3.86. The van der Waals surface area contributed by atoms with Gasteiger partial charge in [0.1, 0.15) is 6.29 Å². The van der Waals surface area contributed by atoms with Gasteiger partial charge in [0.05, 0.1) is 11.1 Å². The van der Waals surface area contributed by atoms with Crippen LogP contribution in [0.5, 0.6) is 0 Å². The Balaban J connectivity index is 2.42. The highest BCUT2D eigenvalue weighted by atomic mass is 16.2. The van der Waals surface area contributed by atoms with Gasteiger partial charge < -0.3 is 0 Å². The molecular weight excluding hydrogens is 242 g/mol. The number of carbonyl (C=O) groups excluding carboxylic acids is 3. The second-order valence-corrected chi connectivity index (χ2v) is 4.91. The third-order valence-electron chi connectivity index (χ3n) is 4.01. The van der Waals surface area contributed by atoms with Gasteiger partial charge in [0.15, 0.2) is 0 Å². The van der Waals surface area contributed by atoms with Crippen molar-refractivity contribution in [2.24, 2.45) is 5.41 Å². The van der Waals surface area contributed by atoms with Crippen LogP contribution in [0.1, 0.15) is 43.5 Å². The molecule has 1 fully saturated rings. The lowest BCUT2D eigenvalue weighted by atomic mass is 9.81. The van der Waals surface area contributed by atoms with Crippen molar-refractivity contribution in [1.82, 2.24) is 0 Å². The van der Waals surface area contributed by atoms with Crippen molar-refractivity contribution < 1.29 is 14.4 Å². The monoisotopic (exact) mass is 259 g/mol. The second-order valence-electron chi connectivity index (χ2n) is 4.91. The van der Waals surface area contributed by atoms with Crippen LogP contribution in [0, 0.1) is 5.41 Å². The zero-order valence-electron chi connectivity index (χ0n) is 11.2. The molecule has 0 bridgehead atoms. The lowest BCUT2D eigenvalue weighted by Crippen LogP contribution is -2.35. The van der Waals surface area contributed by atoms with E-state index in [-0.39, 0.29) is 18.2 Å². The second kappa shape index (κ2) is 4.96. The molecule has 100 valence electrons. The normalized spacial score (nSPS) is 17.9. The number of aldehydes is 1. The largest absolute Gasteiger partial charge is 0.298 e. The SMILES string of the molecule is CCC1(CC)CC(=O)N(c2cccc(C=O)c2)C1=O. The van der Waals surface area contributed by atoms with E-state index in [0.29, 0.717) is 30.4 Å². The lowest BCUT2D eigenvalue weighted by Gasteiger charge is -2.23.